The maximum Gasteiger partial charge on any atom is 0.435 e. The molecule has 0 amide bonds. The van der Waals surface area contributed by atoms with Crippen LogP contribution < -0.4 is 10.6 Å². The average molecular weight is 499 g/mol. The van der Waals surface area contributed by atoms with E-state index < -0.39 is 11.9 Å². The molecular formula is C17H22F4IN5. The second-order valence-corrected chi connectivity index (χ2v) is 5.68. The van der Waals surface area contributed by atoms with Crippen LogP contribution in [0, 0.1) is 5.82 Å². The van der Waals surface area contributed by atoms with Crippen molar-refractivity contribution in [2.24, 2.45) is 12.0 Å². The van der Waals surface area contributed by atoms with E-state index in [0.717, 1.165) is 10.2 Å². The smallest absolute Gasteiger partial charge is 0.357 e. The molecule has 2 N–H and O–H groups in total. The molecule has 0 spiro atoms. The molecule has 2 aromatic rings. The van der Waals surface area contributed by atoms with Crippen molar-refractivity contribution in [1.29, 1.82) is 0 Å². The van der Waals surface area contributed by atoms with Gasteiger partial charge in [0.2, 0.25) is 0 Å². The first-order valence-electron chi connectivity index (χ1n) is 8.16. The lowest BCUT2D eigenvalue weighted by Crippen LogP contribution is -2.38. The van der Waals surface area contributed by atoms with Crippen LogP contribution in [-0.4, -0.2) is 28.8 Å². The van der Waals surface area contributed by atoms with Crippen molar-refractivity contribution >= 4 is 29.9 Å². The molecule has 0 bridgehead atoms. The van der Waals surface area contributed by atoms with Crippen molar-refractivity contribution in [2.45, 2.75) is 26.1 Å². The second-order valence-electron chi connectivity index (χ2n) is 5.68. The fourth-order valence-corrected chi connectivity index (χ4v) is 2.42. The van der Waals surface area contributed by atoms with Crippen LogP contribution in [0.3, 0.4) is 0 Å². The largest absolute Gasteiger partial charge is 0.435 e. The zero-order valence-electron chi connectivity index (χ0n) is 15.0. The molecule has 27 heavy (non-hydrogen) atoms. The van der Waals surface area contributed by atoms with E-state index in [1.807, 2.05) is 6.92 Å². The number of aromatic nitrogens is 2. The summed E-state index contributed by atoms with van der Waals surface area (Å²) in [6.45, 7) is 2.73. The Morgan fingerprint density at radius 2 is 2.00 bits per heavy atom. The highest BCUT2D eigenvalue weighted by atomic mass is 127. The van der Waals surface area contributed by atoms with Gasteiger partial charge in [-0.25, -0.2) is 9.38 Å². The molecule has 1 aromatic carbocycles. The van der Waals surface area contributed by atoms with Gasteiger partial charge < -0.3 is 10.6 Å². The van der Waals surface area contributed by atoms with Gasteiger partial charge in [0.1, 0.15) is 5.82 Å². The second kappa shape index (κ2) is 10.5. The molecule has 150 valence electrons. The van der Waals surface area contributed by atoms with E-state index in [2.05, 4.69) is 20.7 Å². The quantitative estimate of drug-likeness (QED) is 0.277. The lowest BCUT2D eigenvalue weighted by Gasteiger charge is -2.11. The lowest BCUT2D eigenvalue weighted by molar-refractivity contribution is -0.142. The Hall–Kier alpha value is -1.85. The number of hydrogen-bond donors (Lipinski definition) is 2. The maximum absolute atomic E-state index is 13.2. The van der Waals surface area contributed by atoms with Crippen LogP contribution in [0.15, 0.2) is 35.5 Å². The predicted molar refractivity (Wildman–Crippen MR) is 107 cm³/mol. The standard InChI is InChI=1S/C17H21F4N5.HI/c1-3-22-16(23-8-7-12-5-4-6-14(18)9-12)24-10-13-11-26(2)25-15(13)17(19,20)21;/h4-6,9,11H,3,7-8,10H2,1-2H3,(H2,22,23,24);1H. The molecule has 0 fully saturated rings. The highest BCUT2D eigenvalue weighted by Gasteiger charge is 2.36. The lowest BCUT2D eigenvalue weighted by atomic mass is 10.1. The monoisotopic (exact) mass is 499 g/mol. The molecule has 5 nitrogen and oxygen atoms in total. The van der Waals surface area contributed by atoms with Crippen LogP contribution in [0.25, 0.3) is 0 Å². The normalized spacial score (nSPS) is 11.9. The van der Waals surface area contributed by atoms with Gasteiger partial charge in [-0.15, -0.1) is 24.0 Å². The minimum atomic E-state index is -4.52. The molecule has 0 atom stereocenters. The first-order valence-corrected chi connectivity index (χ1v) is 8.16. The summed E-state index contributed by atoms with van der Waals surface area (Å²) in [5.74, 6) is 0.0835. The van der Waals surface area contributed by atoms with Gasteiger partial charge in [-0.1, -0.05) is 12.1 Å². The van der Waals surface area contributed by atoms with Gasteiger partial charge in [0.25, 0.3) is 0 Å². The molecule has 0 saturated carbocycles. The first kappa shape index (κ1) is 23.2. The summed E-state index contributed by atoms with van der Waals surface area (Å²) in [6, 6.07) is 6.25. The van der Waals surface area contributed by atoms with E-state index in [9.17, 15) is 17.6 Å². The molecule has 10 heteroatoms. The summed E-state index contributed by atoms with van der Waals surface area (Å²) < 4.78 is 53.2. The number of halogens is 5. The first-order chi connectivity index (χ1) is 12.3. The summed E-state index contributed by atoms with van der Waals surface area (Å²) in [4.78, 5) is 4.19. The molecule has 1 aromatic heterocycles. The van der Waals surface area contributed by atoms with E-state index >= 15 is 0 Å². The molecule has 1 heterocycles. The number of alkyl halides is 3. The maximum atomic E-state index is 13.2. The summed E-state index contributed by atoms with van der Waals surface area (Å²) >= 11 is 0. The minimum absolute atomic E-state index is 0. The summed E-state index contributed by atoms with van der Waals surface area (Å²) in [5, 5.41) is 9.47. The minimum Gasteiger partial charge on any atom is -0.357 e. The van der Waals surface area contributed by atoms with Gasteiger partial charge >= 0.3 is 6.18 Å². The number of aliphatic imine (C=N–C) groups is 1. The van der Waals surface area contributed by atoms with Gasteiger partial charge in [-0.2, -0.15) is 18.3 Å². The van der Waals surface area contributed by atoms with Crippen molar-refractivity contribution in [2.75, 3.05) is 13.1 Å². The average Bonchev–Trinajstić information content (AvgIpc) is 2.94. The van der Waals surface area contributed by atoms with Crippen LogP contribution in [0.5, 0.6) is 0 Å². The van der Waals surface area contributed by atoms with Crippen molar-refractivity contribution in [3.63, 3.8) is 0 Å². The third kappa shape index (κ3) is 7.35. The van der Waals surface area contributed by atoms with Gasteiger partial charge in [0, 0.05) is 31.9 Å². The van der Waals surface area contributed by atoms with E-state index in [0.29, 0.717) is 25.5 Å². The summed E-state index contributed by atoms with van der Waals surface area (Å²) in [6.07, 6.45) is -2.65. The van der Waals surface area contributed by atoms with Gasteiger partial charge in [0.05, 0.1) is 6.54 Å². The molecule has 2 rings (SSSR count). The molecule has 0 unspecified atom stereocenters. The van der Waals surface area contributed by atoms with Crippen LogP contribution in [0.1, 0.15) is 23.7 Å². The predicted octanol–water partition coefficient (Wildman–Crippen LogP) is 3.49. The number of guanidine groups is 1. The van der Waals surface area contributed by atoms with E-state index in [1.54, 1.807) is 12.1 Å². The molecule has 0 radical (unpaired) electrons. The number of rotatable bonds is 6. The third-order valence-electron chi connectivity index (χ3n) is 3.52. The van der Waals surface area contributed by atoms with Crippen molar-refractivity contribution in [3.8, 4) is 0 Å². The summed E-state index contributed by atoms with van der Waals surface area (Å²) in [5.41, 5.74) is -0.110. The number of benzene rings is 1. The number of nitrogens with one attached hydrogen (secondary N) is 2. The zero-order chi connectivity index (χ0) is 19.2. The SMILES string of the molecule is CCNC(=NCc1cn(C)nc1C(F)(F)F)NCCc1cccc(F)c1.I. The third-order valence-corrected chi connectivity index (χ3v) is 3.52. The Kier molecular flexibility index (Phi) is 9.00. The van der Waals surface area contributed by atoms with Gasteiger partial charge in [0.15, 0.2) is 11.7 Å². The highest BCUT2D eigenvalue weighted by molar-refractivity contribution is 14.0. The van der Waals surface area contributed by atoms with Crippen molar-refractivity contribution < 1.29 is 17.6 Å². The van der Waals surface area contributed by atoms with E-state index in [1.165, 1.54) is 25.4 Å². The van der Waals surface area contributed by atoms with Crippen molar-refractivity contribution in [1.82, 2.24) is 20.4 Å². The zero-order valence-corrected chi connectivity index (χ0v) is 17.3. The highest BCUT2D eigenvalue weighted by Crippen LogP contribution is 2.30. The Labute approximate surface area is 172 Å². The van der Waals surface area contributed by atoms with Crippen molar-refractivity contribution in [3.05, 3.63) is 53.1 Å². The topological polar surface area (TPSA) is 54.2 Å². The molecule has 0 aliphatic rings. The summed E-state index contributed by atoms with van der Waals surface area (Å²) in [7, 11) is 1.44. The molecule has 0 saturated heterocycles. The number of aryl methyl sites for hydroxylation is 1. The molecule has 0 aliphatic carbocycles. The van der Waals surface area contributed by atoms with Crippen LogP contribution >= 0.6 is 24.0 Å². The molecular weight excluding hydrogens is 477 g/mol. The van der Waals surface area contributed by atoms with Crippen LogP contribution in [0.4, 0.5) is 17.6 Å². The van der Waals surface area contributed by atoms with Gasteiger partial charge in [-0.3, -0.25) is 4.68 Å². The van der Waals surface area contributed by atoms with E-state index in [4.69, 9.17) is 0 Å². The molecule has 0 aliphatic heterocycles. The Morgan fingerprint density at radius 1 is 1.26 bits per heavy atom. The Balaban J connectivity index is 0.00000364. The number of nitrogens with zero attached hydrogens (tertiary/aromatic N) is 3. The van der Waals surface area contributed by atoms with E-state index in [-0.39, 0.29) is 41.9 Å². The number of hydrogen-bond acceptors (Lipinski definition) is 2. The van der Waals surface area contributed by atoms with Crippen LogP contribution in [0.2, 0.25) is 0 Å². The Bertz CT molecular complexity index is 758. The Morgan fingerprint density at radius 3 is 2.63 bits per heavy atom. The van der Waals surface area contributed by atoms with Crippen LogP contribution in [-0.2, 0) is 26.2 Å². The fraction of sp³-hybridized carbons (Fsp3) is 0.412. The fourth-order valence-electron chi connectivity index (χ4n) is 2.42. The van der Waals surface area contributed by atoms with Gasteiger partial charge in [-0.05, 0) is 31.0 Å².